The molecule has 0 aromatic heterocycles. The van der Waals surface area contributed by atoms with E-state index in [2.05, 4.69) is 20.1 Å². The molecule has 0 aliphatic carbocycles. The molecule has 6 heteroatoms. The summed E-state index contributed by atoms with van der Waals surface area (Å²) < 4.78 is 0. The van der Waals surface area contributed by atoms with Crippen molar-refractivity contribution in [2.75, 3.05) is 13.1 Å². The lowest BCUT2D eigenvalue weighted by Gasteiger charge is -2.26. The molecule has 1 amide bonds. The molecule has 112 valence electrons. The Labute approximate surface area is 118 Å². The van der Waals surface area contributed by atoms with Gasteiger partial charge in [-0.1, -0.05) is 25.6 Å². The molecule has 0 fully saturated rings. The summed E-state index contributed by atoms with van der Waals surface area (Å²) in [4.78, 5) is 12.0. The van der Waals surface area contributed by atoms with Crippen molar-refractivity contribution in [3.05, 3.63) is 0 Å². The molecule has 0 aliphatic rings. The average Bonchev–Trinajstić information content (AvgIpc) is 2.42. The van der Waals surface area contributed by atoms with Gasteiger partial charge in [0.2, 0.25) is 5.91 Å². The van der Waals surface area contributed by atoms with E-state index < -0.39 is 6.04 Å². The molecule has 0 aromatic carbocycles. The van der Waals surface area contributed by atoms with Crippen molar-refractivity contribution in [1.29, 1.82) is 0 Å². The molecule has 3 atom stereocenters. The van der Waals surface area contributed by atoms with Crippen molar-refractivity contribution in [2.45, 2.75) is 63.3 Å². The zero-order valence-electron chi connectivity index (χ0n) is 12.5. The SMILES string of the molecule is BC(CC)C(CCCN)NC(=O)C(N)CCCCN. The molecule has 0 spiro atoms. The highest BCUT2D eigenvalue weighted by Crippen LogP contribution is 2.16. The molecule has 0 heterocycles. The summed E-state index contributed by atoms with van der Waals surface area (Å²) >= 11 is 0. The number of carbonyl (C=O) groups excluding carboxylic acids is 1. The third-order valence-corrected chi connectivity index (χ3v) is 3.68. The number of rotatable bonds is 11. The minimum absolute atomic E-state index is 0.0423. The van der Waals surface area contributed by atoms with Gasteiger partial charge in [0.05, 0.1) is 6.04 Å². The third kappa shape index (κ3) is 8.24. The topological polar surface area (TPSA) is 107 Å². The van der Waals surface area contributed by atoms with Crippen LogP contribution in [0.1, 0.15) is 45.4 Å². The largest absolute Gasteiger partial charge is 0.352 e. The average molecular weight is 270 g/mol. The quantitative estimate of drug-likeness (QED) is 0.300. The van der Waals surface area contributed by atoms with Gasteiger partial charge in [-0.3, -0.25) is 4.79 Å². The molecule has 0 bridgehead atoms. The van der Waals surface area contributed by atoms with Crippen LogP contribution in [0.15, 0.2) is 0 Å². The Morgan fingerprint density at radius 2 is 1.79 bits per heavy atom. The lowest BCUT2D eigenvalue weighted by atomic mass is 9.77. The number of unbranched alkanes of at least 4 members (excludes halogenated alkanes) is 1. The molecule has 0 aromatic rings. The monoisotopic (exact) mass is 270 g/mol. The van der Waals surface area contributed by atoms with Crippen molar-refractivity contribution < 1.29 is 4.79 Å². The summed E-state index contributed by atoms with van der Waals surface area (Å²) in [6.45, 7) is 3.44. The lowest BCUT2D eigenvalue weighted by Crippen LogP contribution is -2.47. The van der Waals surface area contributed by atoms with Gasteiger partial charge in [0.1, 0.15) is 7.85 Å². The summed E-state index contributed by atoms with van der Waals surface area (Å²) in [6.07, 6.45) is 5.42. The maximum atomic E-state index is 12.0. The number of nitrogens with one attached hydrogen (secondary N) is 1. The second kappa shape index (κ2) is 11.3. The lowest BCUT2D eigenvalue weighted by molar-refractivity contribution is -0.123. The minimum atomic E-state index is -0.420. The van der Waals surface area contributed by atoms with Crippen LogP contribution in [0.25, 0.3) is 0 Å². The molecule has 0 rings (SSSR count). The van der Waals surface area contributed by atoms with Gasteiger partial charge in [-0.25, -0.2) is 0 Å². The number of hydrogen-bond donors (Lipinski definition) is 4. The van der Waals surface area contributed by atoms with Gasteiger partial charge in [0, 0.05) is 6.04 Å². The standard InChI is InChI=1S/C13H31BN4O/c1-2-10(14)12(7-5-9-16)18-13(19)11(17)6-3-4-8-15/h10-12H,2-9,14-17H2,1H3,(H,18,19). The van der Waals surface area contributed by atoms with Crippen LogP contribution in [0.3, 0.4) is 0 Å². The van der Waals surface area contributed by atoms with Crippen LogP contribution in [-0.2, 0) is 4.79 Å². The predicted octanol–water partition coefficient (Wildman–Crippen LogP) is -0.502. The zero-order chi connectivity index (χ0) is 14.7. The Morgan fingerprint density at radius 3 is 2.32 bits per heavy atom. The first-order valence-corrected chi connectivity index (χ1v) is 7.52. The highest BCUT2D eigenvalue weighted by Gasteiger charge is 2.21. The first kappa shape index (κ1) is 18.4. The Kier molecular flexibility index (Phi) is 10.9. The van der Waals surface area contributed by atoms with Gasteiger partial charge in [-0.2, -0.15) is 0 Å². The van der Waals surface area contributed by atoms with E-state index in [1.54, 1.807) is 0 Å². The highest BCUT2D eigenvalue weighted by atomic mass is 16.2. The van der Waals surface area contributed by atoms with Crippen LogP contribution < -0.4 is 22.5 Å². The molecular weight excluding hydrogens is 239 g/mol. The van der Waals surface area contributed by atoms with Crippen molar-refractivity contribution in [3.8, 4) is 0 Å². The van der Waals surface area contributed by atoms with Gasteiger partial charge in [-0.15, -0.1) is 0 Å². The van der Waals surface area contributed by atoms with E-state index in [4.69, 9.17) is 17.2 Å². The van der Waals surface area contributed by atoms with Crippen LogP contribution in [0.4, 0.5) is 0 Å². The normalized spacial score (nSPS) is 15.8. The fourth-order valence-electron chi connectivity index (χ4n) is 2.05. The van der Waals surface area contributed by atoms with E-state index in [1.165, 1.54) is 0 Å². The summed E-state index contributed by atoms with van der Waals surface area (Å²) in [5, 5.41) is 3.08. The first-order valence-electron chi connectivity index (χ1n) is 7.52. The summed E-state index contributed by atoms with van der Waals surface area (Å²) in [5.74, 6) is 0.408. The van der Waals surface area contributed by atoms with Crippen LogP contribution >= 0.6 is 0 Å². The van der Waals surface area contributed by atoms with E-state index >= 15 is 0 Å². The Balaban J connectivity index is 4.19. The van der Waals surface area contributed by atoms with Crippen molar-refractivity contribution >= 4 is 13.8 Å². The zero-order valence-corrected chi connectivity index (χ0v) is 12.5. The van der Waals surface area contributed by atoms with Gasteiger partial charge in [-0.05, 0) is 38.8 Å². The van der Waals surface area contributed by atoms with Crippen molar-refractivity contribution in [1.82, 2.24) is 5.32 Å². The number of nitrogens with two attached hydrogens (primary N) is 3. The summed E-state index contributed by atoms with van der Waals surface area (Å²) in [6, 6.07) is -0.238. The van der Waals surface area contributed by atoms with Crippen molar-refractivity contribution in [2.24, 2.45) is 17.2 Å². The molecule has 3 unspecified atom stereocenters. The second-order valence-electron chi connectivity index (χ2n) is 5.32. The molecule has 0 saturated carbocycles. The molecule has 19 heavy (non-hydrogen) atoms. The Bertz CT molecular complexity index is 241. The molecule has 7 N–H and O–H groups in total. The highest BCUT2D eigenvalue weighted by molar-refractivity contribution is 6.12. The Hall–Kier alpha value is -0.585. The number of carbonyl (C=O) groups is 1. The number of hydrogen-bond acceptors (Lipinski definition) is 4. The second-order valence-corrected chi connectivity index (χ2v) is 5.32. The van der Waals surface area contributed by atoms with Crippen LogP contribution in [0, 0.1) is 0 Å². The Morgan fingerprint density at radius 1 is 1.16 bits per heavy atom. The summed E-state index contributed by atoms with van der Waals surface area (Å²) in [5.41, 5.74) is 16.9. The predicted molar refractivity (Wildman–Crippen MR) is 83.7 cm³/mol. The molecular formula is C13H31BN4O. The van der Waals surface area contributed by atoms with Gasteiger partial charge in [0.25, 0.3) is 0 Å². The fraction of sp³-hybridized carbons (Fsp3) is 0.923. The maximum Gasteiger partial charge on any atom is 0.237 e. The van der Waals surface area contributed by atoms with E-state index in [1.807, 2.05) is 0 Å². The molecule has 5 nitrogen and oxygen atoms in total. The molecule has 0 saturated heterocycles. The van der Waals surface area contributed by atoms with Crippen LogP contribution in [-0.4, -0.2) is 38.9 Å². The summed E-state index contributed by atoms with van der Waals surface area (Å²) in [7, 11) is 2.15. The smallest absolute Gasteiger partial charge is 0.237 e. The van der Waals surface area contributed by atoms with E-state index in [0.717, 1.165) is 32.1 Å². The molecule has 0 aliphatic heterocycles. The molecule has 0 radical (unpaired) electrons. The fourth-order valence-corrected chi connectivity index (χ4v) is 2.05. The van der Waals surface area contributed by atoms with Crippen molar-refractivity contribution in [3.63, 3.8) is 0 Å². The van der Waals surface area contributed by atoms with E-state index in [0.29, 0.717) is 25.3 Å². The van der Waals surface area contributed by atoms with Crippen LogP contribution in [0.2, 0.25) is 5.82 Å². The van der Waals surface area contributed by atoms with Gasteiger partial charge >= 0.3 is 0 Å². The van der Waals surface area contributed by atoms with Gasteiger partial charge in [0.15, 0.2) is 0 Å². The first-order chi connectivity index (χ1) is 9.06. The minimum Gasteiger partial charge on any atom is -0.352 e. The number of amides is 1. The van der Waals surface area contributed by atoms with E-state index in [9.17, 15) is 4.79 Å². The van der Waals surface area contributed by atoms with E-state index in [-0.39, 0.29) is 11.9 Å². The van der Waals surface area contributed by atoms with Gasteiger partial charge < -0.3 is 22.5 Å². The van der Waals surface area contributed by atoms with Crippen LogP contribution in [0.5, 0.6) is 0 Å². The third-order valence-electron chi connectivity index (χ3n) is 3.68. The maximum absolute atomic E-state index is 12.0.